The number of nitrogens with one attached hydrogen (secondary N) is 1. The third-order valence-electron chi connectivity index (χ3n) is 5.11. The summed E-state index contributed by atoms with van der Waals surface area (Å²) in [6.07, 6.45) is 0. The van der Waals surface area contributed by atoms with Gasteiger partial charge >= 0.3 is 0 Å². The number of benzene rings is 2. The monoisotopic (exact) mass is 385 g/mol. The van der Waals surface area contributed by atoms with Gasteiger partial charge in [0.1, 0.15) is 11.6 Å². The molecule has 142 valence electrons. The van der Waals surface area contributed by atoms with E-state index >= 15 is 0 Å². The zero-order chi connectivity index (χ0) is 20.3. The fraction of sp³-hybridized carbons (Fsp3) is 0.0476. The molecule has 2 aromatic heterocycles. The van der Waals surface area contributed by atoms with E-state index in [1.807, 2.05) is 48.0 Å². The van der Waals surface area contributed by atoms with E-state index in [9.17, 15) is 14.4 Å². The van der Waals surface area contributed by atoms with E-state index < -0.39 is 17.4 Å². The van der Waals surface area contributed by atoms with E-state index in [0.717, 1.165) is 23.0 Å². The molecule has 0 unspecified atom stereocenters. The molecule has 3 heterocycles. The molecule has 2 amide bonds. The average molecular weight is 385 g/mol. The van der Waals surface area contributed by atoms with Crippen LogP contribution in [0.3, 0.4) is 0 Å². The van der Waals surface area contributed by atoms with E-state index in [1.165, 1.54) is 4.57 Å². The first-order chi connectivity index (χ1) is 14.0. The number of pyridine rings is 1. The predicted octanol–water partition coefficient (Wildman–Crippen LogP) is 1.86. The lowest BCUT2D eigenvalue weighted by molar-refractivity contribution is 0.0880. The number of carbonyl (C=O) groups is 2. The van der Waals surface area contributed by atoms with E-state index in [2.05, 4.69) is 5.32 Å². The van der Waals surface area contributed by atoms with Crippen LogP contribution >= 0.6 is 0 Å². The van der Waals surface area contributed by atoms with Crippen LogP contribution in [-0.4, -0.2) is 25.9 Å². The van der Waals surface area contributed by atoms with Crippen molar-refractivity contribution in [2.24, 2.45) is 7.05 Å². The number of imide groups is 1. The molecule has 0 aliphatic carbocycles. The number of amides is 2. The highest BCUT2D eigenvalue weighted by atomic mass is 16.2. The Bertz CT molecular complexity index is 1400. The van der Waals surface area contributed by atoms with Gasteiger partial charge in [0.05, 0.1) is 27.8 Å². The lowest BCUT2D eigenvalue weighted by Crippen LogP contribution is -2.24. The highest BCUT2D eigenvalue weighted by Crippen LogP contribution is 2.27. The number of nitrogen functional groups attached to an aromatic ring is 1. The van der Waals surface area contributed by atoms with Crippen LogP contribution in [0, 0.1) is 0 Å². The van der Waals surface area contributed by atoms with Crippen molar-refractivity contribution in [1.29, 1.82) is 0 Å². The SMILES string of the molecule is Cn1c(-c2ccccc2)nc2cc(-n3c(N)c4c(cc3=O)C(=O)NC4=O)ccc21. The standard InChI is InChI=1S/C21H15N5O3/c1-25-15-8-7-12(9-14(15)23-19(25)11-5-3-2-4-6-11)26-16(27)10-13-17(18(26)22)21(29)24-20(13)28/h2-10H,22H2,1H3,(H,24,28,29). The highest BCUT2D eigenvalue weighted by molar-refractivity contribution is 6.23. The number of fused-ring (bicyclic) bond motifs is 2. The number of aromatic nitrogens is 3. The molecule has 0 fully saturated rings. The summed E-state index contributed by atoms with van der Waals surface area (Å²) in [6.45, 7) is 0. The molecule has 8 nitrogen and oxygen atoms in total. The zero-order valence-corrected chi connectivity index (χ0v) is 15.3. The summed E-state index contributed by atoms with van der Waals surface area (Å²) in [6, 6.07) is 16.2. The minimum atomic E-state index is -0.617. The number of hydrogen-bond donors (Lipinski definition) is 2. The normalized spacial score (nSPS) is 13.0. The van der Waals surface area contributed by atoms with Crippen LogP contribution in [0.1, 0.15) is 20.7 Å². The minimum absolute atomic E-state index is 0.000900. The summed E-state index contributed by atoms with van der Waals surface area (Å²) in [5, 5.41) is 2.16. The van der Waals surface area contributed by atoms with E-state index in [-0.39, 0.29) is 16.9 Å². The number of nitrogens with two attached hydrogens (primary N) is 1. The van der Waals surface area contributed by atoms with Crippen LogP contribution < -0.4 is 16.6 Å². The number of hydrogen-bond acceptors (Lipinski definition) is 5. The van der Waals surface area contributed by atoms with Gasteiger partial charge in [-0.25, -0.2) is 4.98 Å². The van der Waals surface area contributed by atoms with E-state index in [0.29, 0.717) is 11.2 Å². The van der Waals surface area contributed by atoms with Gasteiger partial charge in [-0.2, -0.15) is 0 Å². The van der Waals surface area contributed by atoms with Crippen molar-refractivity contribution in [3.8, 4) is 17.1 Å². The number of nitrogens with zero attached hydrogens (tertiary/aromatic N) is 3. The van der Waals surface area contributed by atoms with Gasteiger partial charge in [0.2, 0.25) is 0 Å². The Morgan fingerprint density at radius 1 is 0.966 bits per heavy atom. The maximum Gasteiger partial charge on any atom is 0.262 e. The lowest BCUT2D eigenvalue weighted by atomic mass is 10.1. The number of carbonyl (C=O) groups excluding carboxylic acids is 2. The zero-order valence-electron chi connectivity index (χ0n) is 15.3. The van der Waals surface area contributed by atoms with Crippen molar-refractivity contribution in [2.75, 3.05) is 5.73 Å². The molecular formula is C21H15N5O3. The molecule has 3 N–H and O–H groups in total. The van der Waals surface area contributed by atoms with Crippen LogP contribution in [0.4, 0.5) is 5.82 Å². The molecule has 29 heavy (non-hydrogen) atoms. The molecule has 4 aromatic rings. The summed E-state index contributed by atoms with van der Waals surface area (Å²) >= 11 is 0. The van der Waals surface area contributed by atoms with Crippen molar-refractivity contribution in [1.82, 2.24) is 19.4 Å². The minimum Gasteiger partial charge on any atom is -0.384 e. The first-order valence-corrected chi connectivity index (χ1v) is 8.89. The molecule has 2 aromatic carbocycles. The summed E-state index contributed by atoms with van der Waals surface area (Å²) in [5.74, 6) is -0.512. The van der Waals surface area contributed by atoms with Crippen LogP contribution in [-0.2, 0) is 7.05 Å². The smallest absolute Gasteiger partial charge is 0.262 e. The first-order valence-electron chi connectivity index (χ1n) is 8.89. The van der Waals surface area contributed by atoms with Gasteiger partial charge in [-0.1, -0.05) is 30.3 Å². The van der Waals surface area contributed by atoms with Crippen molar-refractivity contribution < 1.29 is 9.59 Å². The second kappa shape index (κ2) is 5.90. The van der Waals surface area contributed by atoms with Crippen molar-refractivity contribution in [3.05, 3.63) is 76.1 Å². The summed E-state index contributed by atoms with van der Waals surface area (Å²) in [7, 11) is 1.92. The number of anilines is 1. The van der Waals surface area contributed by atoms with Gasteiger partial charge < -0.3 is 10.3 Å². The molecular weight excluding hydrogens is 370 g/mol. The Morgan fingerprint density at radius 2 is 1.72 bits per heavy atom. The third kappa shape index (κ3) is 2.39. The molecule has 5 rings (SSSR count). The van der Waals surface area contributed by atoms with Crippen LogP contribution in [0.15, 0.2) is 59.4 Å². The Hall–Kier alpha value is -4.20. The fourth-order valence-electron chi connectivity index (χ4n) is 3.72. The van der Waals surface area contributed by atoms with Gasteiger partial charge in [0.15, 0.2) is 0 Å². The molecule has 0 radical (unpaired) electrons. The molecule has 0 saturated heterocycles. The second-order valence-corrected chi connectivity index (χ2v) is 6.81. The summed E-state index contributed by atoms with van der Waals surface area (Å²) < 4.78 is 3.18. The Labute approximate surface area is 164 Å². The maximum atomic E-state index is 12.6. The number of aryl methyl sites for hydroxylation is 1. The average Bonchev–Trinajstić information content (AvgIpc) is 3.18. The van der Waals surface area contributed by atoms with Crippen molar-refractivity contribution in [3.63, 3.8) is 0 Å². The maximum absolute atomic E-state index is 12.6. The predicted molar refractivity (Wildman–Crippen MR) is 108 cm³/mol. The molecule has 0 spiro atoms. The van der Waals surface area contributed by atoms with Gasteiger partial charge in [0.25, 0.3) is 17.4 Å². The topological polar surface area (TPSA) is 112 Å². The van der Waals surface area contributed by atoms with Gasteiger partial charge in [0, 0.05) is 18.7 Å². The molecule has 0 saturated carbocycles. The molecule has 0 bridgehead atoms. The van der Waals surface area contributed by atoms with Gasteiger partial charge in [-0.3, -0.25) is 24.3 Å². The Balaban J connectivity index is 1.72. The summed E-state index contributed by atoms with van der Waals surface area (Å²) in [5.41, 5.74) is 8.63. The van der Waals surface area contributed by atoms with Crippen LogP contribution in [0.2, 0.25) is 0 Å². The lowest BCUT2D eigenvalue weighted by Gasteiger charge is -2.11. The summed E-state index contributed by atoms with van der Waals surface area (Å²) in [4.78, 5) is 41.2. The largest absolute Gasteiger partial charge is 0.384 e. The Morgan fingerprint density at radius 3 is 2.48 bits per heavy atom. The molecule has 1 aliphatic rings. The van der Waals surface area contributed by atoms with E-state index in [4.69, 9.17) is 10.7 Å². The molecule has 8 heteroatoms. The van der Waals surface area contributed by atoms with Crippen molar-refractivity contribution in [2.45, 2.75) is 0 Å². The third-order valence-corrected chi connectivity index (χ3v) is 5.11. The molecule has 0 atom stereocenters. The number of imidazole rings is 1. The van der Waals surface area contributed by atoms with Gasteiger partial charge in [-0.05, 0) is 18.2 Å². The molecule has 1 aliphatic heterocycles. The first kappa shape index (κ1) is 16.9. The van der Waals surface area contributed by atoms with Crippen LogP contribution in [0.25, 0.3) is 28.1 Å². The quantitative estimate of drug-likeness (QED) is 0.512. The number of rotatable bonds is 2. The highest BCUT2D eigenvalue weighted by Gasteiger charge is 2.31. The van der Waals surface area contributed by atoms with Crippen molar-refractivity contribution >= 4 is 28.7 Å². The van der Waals surface area contributed by atoms with Crippen LogP contribution in [0.5, 0.6) is 0 Å². The second-order valence-electron chi connectivity index (χ2n) is 6.81. The fourth-order valence-corrected chi connectivity index (χ4v) is 3.72. The van der Waals surface area contributed by atoms with E-state index in [1.54, 1.807) is 12.1 Å². The Kier molecular flexibility index (Phi) is 3.44. The van der Waals surface area contributed by atoms with Gasteiger partial charge in [-0.15, -0.1) is 0 Å².